The molecule has 2 heterocycles. The number of fused-ring (bicyclic) bond motifs is 1. The molecule has 10 nitrogen and oxygen atoms in total. The van der Waals surface area contributed by atoms with Crippen LogP contribution in [-0.4, -0.2) is 84.0 Å². The number of nitrogens with zero attached hydrogens (tertiary/aromatic N) is 4. The van der Waals surface area contributed by atoms with Crippen LogP contribution < -0.4 is 16.4 Å². The number of likely N-dealkylation sites (N-methyl/N-ethyl adjacent to an activating group) is 2. The highest BCUT2D eigenvalue weighted by atomic mass is 35.5. The summed E-state index contributed by atoms with van der Waals surface area (Å²) >= 11 is 6.46. The van der Waals surface area contributed by atoms with E-state index in [4.69, 9.17) is 17.3 Å². The molecule has 0 atom stereocenters. The van der Waals surface area contributed by atoms with Crippen LogP contribution in [0, 0.1) is 11.8 Å². The third-order valence-electron chi connectivity index (χ3n) is 7.39. The Labute approximate surface area is 284 Å². The van der Waals surface area contributed by atoms with Gasteiger partial charge in [0.2, 0.25) is 0 Å². The summed E-state index contributed by atoms with van der Waals surface area (Å²) in [5.41, 5.74) is 9.48. The third-order valence-corrected chi connectivity index (χ3v) is 7.70. The Hall–Kier alpha value is -5.39. The van der Waals surface area contributed by atoms with Crippen molar-refractivity contribution < 1.29 is 31.9 Å². The Morgan fingerprint density at radius 2 is 1.71 bits per heavy atom. The van der Waals surface area contributed by atoms with Gasteiger partial charge in [-0.2, -0.15) is 13.2 Å². The first kappa shape index (κ1) is 36.4. The van der Waals surface area contributed by atoms with E-state index in [9.17, 15) is 31.9 Å². The number of hydrogen-bond donors (Lipinski definition) is 3. The van der Waals surface area contributed by atoms with Gasteiger partial charge in [0, 0.05) is 50.6 Å². The quantitative estimate of drug-likeness (QED) is 0.125. The summed E-state index contributed by atoms with van der Waals surface area (Å²) in [6.45, 7) is 2.54. The summed E-state index contributed by atoms with van der Waals surface area (Å²) in [5, 5.41) is 4.49. The molecule has 0 radical (unpaired) electrons. The van der Waals surface area contributed by atoms with Crippen molar-refractivity contribution >= 4 is 51.7 Å². The minimum absolute atomic E-state index is 0.0975. The van der Waals surface area contributed by atoms with E-state index in [0.29, 0.717) is 51.9 Å². The van der Waals surface area contributed by atoms with E-state index < -0.39 is 36.3 Å². The Morgan fingerprint density at radius 3 is 2.31 bits per heavy atom. The molecule has 4 aromatic rings. The normalized spacial score (nSPS) is 11.2. The van der Waals surface area contributed by atoms with E-state index in [1.165, 1.54) is 29.3 Å². The second kappa shape index (κ2) is 14.8. The number of halogens is 5. The summed E-state index contributed by atoms with van der Waals surface area (Å²) in [6.07, 6.45) is -3.18. The van der Waals surface area contributed by atoms with Gasteiger partial charge in [-0.1, -0.05) is 42.3 Å². The smallest absolute Gasteiger partial charge is 0.383 e. The highest BCUT2D eigenvalue weighted by molar-refractivity contribution is 6.34. The van der Waals surface area contributed by atoms with Crippen molar-refractivity contribution in [1.29, 1.82) is 0 Å². The number of amides is 3. The summed E-state index contributed by atoms with van der Waals surface area (Å²) in [6, 6.07) is 10.6. The number of aryl methyl sites for hydroxylation is 1. The number of nitrogens with one attached hydrogen (secondary N) is 2. The average molecular weight is 698 g/mol. The maximum absolute atomic E-state index is 13.3. The van der Waals surface area contributed by atoms with Gasteiger partial charge in [-0.05, 0) is 49.5 Å². The number of benzene rings is 2. The lowest BCUT2D eigenvalue weighted by Crippen LogP contribution is -2.33. The molecular weight excluding hydrogens is 666 g/mol. The first-order chi connectivity index (χ1) is 23.0. The molecule has 4 N–H and O–H groups in total. The lowest BCUT2D eigenvalue weighted by molar-refractivity contribution is -0.124. The number of alkyl halides is 3. The van der Waals surface area contributed by atoms with E-state index in [-0.39, 0.29) is 22.1 Å². The number of carbonyl (C=O) groups excluding carboxylic acids is 3. The second-order valence-corrected chi connectivity index (χ2v) is 11.7. The van der Waals surface area contributed by atoms with E-state index in [1.54, 1.807) is 48.2 Å². The number of hydrogen-bond acceptors (Lipinski definition) is 6. The lowest BCUT2D eigenvalue weighted by Gasteiger charge is -2.16. The summed E-state index contributed by atoms with van der Waals surface area (Å²) in [5.74, 6) is 2.07. The number of carbonyl (C=O) groups is 3. The third kappa shape index (κ3) is 8.56. The van der Waals surface area contributed by atoms with Gasteiger partial charge < -0.3 is 30.7 Å². The fourth-order valence-electron chi connectivity index (χ4n) is 4.93. The summed E-state index contributed by atoms with van der Waals surface area (Å²) in [7, 11) is 7.15. The van der Waals surface area contributed by atoms with E-state index in [1.807, 2.05) is 19.0 Å². The van der Waals surface area contributed by atoms with Gasteiger partial charge in [0.15, 0.2) is 5.83 Å². The van der Waals surface area contributed by atoms with Crippen molar-refractivity contribution in [3.63, 3.8) is 0 Å². The van der Waals surface area contributed by atoms with Gasteiger partial charge in [0.25, 0.3) is 17.7 Å². The van der Waals surface area contributed by atoms with Gasteiger partial charge in [0.05, 0.1) is 32.7 Å². The topological polar surface area (TPSA) is 126 Å². The standard InChI is InChI=1S/C34H32ClF4N7O3/c1-19(36)32(48)43-23-10-6-20(7-11-23)29-27(21-8-12-24(25(35)16-21)33(49)42-18-34(37,38)39)28-30(46(29)5)22(17-41-31(28)40)9-13-26(47)45(4)15-14-44(2)3/h6-8,10-12,16-17H,1,14-15,18H2,2-5H3,(H2,40,41)(H,42,49)(H,43,48). The van der Waals surface area contributed by atoms with Crippen LogP contribution in [0.15, 0.2) is 61.1 Å². The van der Waals surface area contributed by atoms with Crippen LogP contribution in [-0.2, 0) is 16.6 Å². The van der Waals surface area contributed by atoms with Crippen molar-refractivity contribution in [2.45, 2.75) is 6.18 Å². The molecule has 49 heavy (non-hydrogen) atoms. The number of anilines is 2. The summed E-state index contributed by atoms with van der Waals surface area (Å²) in [4.78, 5) is 44.9. The molecule has 0 aliphatic carbocycles. The second-order valence-electron chi connectivity index (χ2n) is 11.3. The SMILES string of the molecule is C=C(F)C(=O)Nc1ccc(-c2c(-c3ccc(C(=O)NCC(F)(F)F)c(Cl)c3)c3c(N)ncc(C#CC(=O)N(C)CCN(C)C)c3n2C)cc1. The van der Waals surface area contributed by atoms with Gasteiger partial charge in [-0.15, -0.1) is 0 Å². The summed E-state index contributed by atoms with van der Waals surface area (Å²) < 4.78 is 53.3. The first-order valence-electron chi connectivity index (χ1n) is 14.6. The molecule has 15 heteroatoms. The van der Waals surface area contributed by atoms with Crippen molar-refractivity contribution in [1.82, 2.24) is 24.7 Å². The molecule has 0 unspecified atom stereocenters. The van der Waals surface area contributed by atoms with E-state index >= 15 is 0 Å². The average Bonchev–Trinajstić information content (AvgIpc) is 3.35. The Morgan fingerprint density at radius 1 is 1.06 bits per heavy atom. The molecule has 0 saturated heterocycles. The molecule has 0 spiro atoms. The Kier molecular flexibility index (Phi) is 11.0. The maximum atomic E-state index is 13.3. The van der Waals surface area contributed by atoms with Crippen molar-refractivity contribution in [2.75, 3.05) is 51.8 Å². The predicted molar refractivity (Wildman–Crippen MR) is 181 cm³/mol. The number of aromatic nitrogens is 2. The molecule has 0 aliphatic heterocycles. The zero-order valence-electron chi connectivity index (χ0n) is 26.9. The monoisotopic (exact) mass is 697 g/mol. The molecule has 2 aromatic heterocycles. The lowest BCUT2D eigenvalue weighted by atomic mass is 9.96. The highest BCUT2D eigenvalue weighted by Crippen LogP contribution is 2.44. The van der Waals surface area contributed by atoms with Crippen LogP contribution in [0.25, 0.3) is 33.3 Å². The van der Waals surface area contributed by atoms with Crippen molar-refractivity contribution in [2.24, 2.45) is 7.05 Å². The van der Waals surface area contributed by atoms with Crippen LogP contribution in [0.1, 0.15) is 15.9 Å². The van der Waals surface area contributed by atoms with Crippen LogP contribution in [0.3, 0.4) is 0 Å². The minimum Gasteiger partial charge on any atom is -0.383 e. The highest BCUT2D eigenvalue weighted by Gasteiger charge is 2.29. The van der Waals surface area contributed by atoms with Gasteiger partial charge in [-0.3, -0.25) is 14.4 Å². The molecule has 0 bridgehead atoms. The van der Waals surface area contributed by atoms with Gasteiger partial charge in [-0.25, -0.2) is 9.37 Å². The van der Waals surface area contributed by atoms with Gasteiger partial charge in [0.1, 0.15) is 12.4 Å². The van der Waals surface area contributed by atoms with E-state index in [2.05, 4.69) is 28.7 Å². The first-order valence-corrected chi connectivity index (χ1v) is 15.0. The van der Waals surface area contributed by atoms with Crippen LogP contribution in [0.2, 0.25) is 5.02 Å². The Bertz CT molecular complexity index is 2010. The van der Waals surface area contributed by atoms with Crippen molar-refractivity contribution in [3.05, 3.63) is 77.2 Å². The molecule has 3 amide bonds. The van der Waals surface area contributed by atoms with Crippen LogP contribution >= 0.6 is 11.6 Å². The number of nitrogens with two attached hydrogens (primary N) is 1. The molecule has 0 saturated carbocycles. The molecule has 2 aromatic carbocycles. The van der Waals surface area contributed by atoms with E-state index in [0.717, 1.165) is 0 Å². The van der Waals surface area contributed by atoms with Crippen LogP contribution in [0.5, 0.6) is 0 Å². The minimum atomic E-state index is -4.62. The zero-order valence-corrected chi connectivity index (χ0v) is 27.7. The fourth-order valence-corrected chi connectivity index (χ4v) is 5.19. The van der Waals surface area contributed by atoms with Gasteiger partial charge >= 0.3 is 6.18 Å². The Balaban J connectivity index is 1.90. The molecule has 4 rings (SSSR count). The molecule has 256 valence electrons. The molecule has 0 aliphatic rings. The van der Waals surface area contributed by atoms with Crippen LogP contribution in [0.4, 0.5) is 29.1 Å². The largest absolute Gasteiger partial charge is 0.405 e. The zero-order chi connectivity index (χ0) is 36.2. The molecule has 0 fully saturated rings. The molecular formula is C34H32ClF4N7O3. The fraction of sp³-hybridized carbons (Fsp3) is 0.235. The number of nitrogen functional groups attached to an aromatic ring is 1. The maximum Gasteiger partial charge on any atom is 0.405 e. The van der Waals surface area contributed by atoms with Crippen molar-refractivity contribution in [3.8, 4) is 34.2 Å². The number of rotatable bonds is 9. The predicted octanol–water partition coefficient (Wildman–Crippen LogP) is 5.23. The number of pyridine rings is 1.